The quantitative estimate of drug-likeness (QED) is 0.726. The summed E-state index contributed by atoms with van der Waals surface area (Å²) in [7, 11) is 1.36. The number of hydrogen-bond acceptors (Lipinski definition) is 3. The number of carbonyl (C=O) groups is 2. The van der Waals surface area contributed by atoms with Gasteiger partial charge in [0.25, 0.3) is 5.91 Å². The van der Waals surface area contributed by atoms with E-state index >= 15 is 0 Å². The molecule has 2 N–H and O–H groups in total. The van der Waals surface area contributed by atoms with Gasteiger partial charge in [-0.3, -0.25) is 14.4 Å². The molecule has 80 valence electrons. The molecule has 15 heavy (non-hydrogen) atoms. The van der Waals surface area contributed by atoms with Crippen LogP contribution in [0.3, 0.4) is 0 Å². The Morgan fingerprint density at radius 3 is 2.67 bits per heavy atom. The molecule has 0 heterocycles. The van der Waals surface area contributed by atoms with Gasteiger partial charge in [0.1, 0.15) is 0 Å². The molecule has 2 amide bonds. The molecule has 0 aliphatic carbocycles. The minimum Gasteiger partial charge on any atom is -0.326 e. The highest BCUT2D eigenvalue weighted by Crippen LogP contribution is 2.10. The van der Waals surface area contributed by atoms with Crippen molar-refractivity contribution < 1.29 is 14.4 Å². The third-order valence-electron chi connectivity index (χ3n) is 1.64. The Hall–Kier alpha value is -1.88. The zero-order valence-electron chi connectivity index (χ0n) is 8.53. The molecule has 0 unspecified atom stereocenters. The number of anilines is 1. The Balaban J connectivity index is 2.82. The molecule has 0 bridgehead atoms. The van der Waals surface area contributed by atoms with E-state index in [1.807, 2.05) is 0 Å². The maximum Gasteiger partial charge on any atom is 0.274 e. The maximum absolute atomic E-state index is 11.3. The van der Waals surface area contributed by atoms with Crippen LogP contribution >= 0.6 is 0 Å². The summed E-state index contributed by atoms with van der Waals surface area (Å²) in [5.41, 5.74) is 3.19. The highest BCUT2D eigenvalue weighted by atomic mass is 16.6. The first-order valence-electron chi connectivity index (χ1n) is 4.34. The summed E-state index contributed by atoms with van der Waals surface area (Å²) in [5, 5.41) is 2.58. The van der Waals surface area contributed by atoms with Gasteiger partial charge in [-0.2, -0.15) is 0 Å². The largest absolute Gasteiger partial charge is 0.326 e. The molecule has 0 fully saturated rings. The van der Waals surface area contributed by atoms with E-state index in [-0.39, 0.29) is 11.8 Å². The number of carbonyl (C=O) groups excluding carboxylic acids is 2. The Bertz CT molecular complexity index is 377. The summed E-state index contributed by atoms with van der Waals surface area (Å²) in [6, 6.07) is 6.57. The summed E-state index contributed by atoms with van der Waals surface area (Å²) in [6.45, 7) is 1.40. The van der Waals surface area contributed by atoms with E-state index in [1.165, 1.54) is 14.0 Å². The van der Waals surface area contributed by atoms with Gasteiger partial charge in [-0.1, -0.05) is 6.07 Å². The molecule has 0 atom stereocenters. The summed E-state index contributed by atoms with van der Waals surface area (Å²) < 4.78 is 0. The minimum absolute atomic E-state index is 0.181. The van der Waals surface area contributed by atoms with E-state index in [0.717, 1.165) is 0 Å². The number of hydroxylamine groups is 1. The molecule has 0 aliphatic rings. The second-order valence-corrected chi connectivity index (χ2v) is 2.90. The fourth-order valence-corrected chi connectivity index (χ4v) is 1.09. The summed E-state index contributed by atoms with van der Waals surface area (Å²) >= 11 is 0. The van der Waals surface area contributed by atoms with Crippen molar-refractivity contribution >= 4 is 17.5 Å². The van der Waals surface area contributed by atoms with Crippen LogP contribution in [0.15, 0.2) is 24.3 Å². The molecule has 1 aromatic carbocycles. The average Bonchev–Trinajstić information content (AvgIpc) is 2.17. The number of benzene rings is 1. The van der Waals surface area contributed by atoms with Gasteiger partial charge in [-0.05, 0) is 18.2 Å². The SMILES string of the molecule is CONC(=O)c1cccc(NC(C)=O)c1. The molecular weight excluding hydrogens is 196 g/mol. The van der Waals surface area contributed by atoms with Crippen LogP contribution in [0.1, 0.15) is 17.3 Å². The molecule has 0 radical (unpaired) electrons. The van der Waals surface area contributed by atoms with E-state index in [1.54, 1.807) is 24.3 Å². The fourth-order valence-electron chi connectivity index (χ4n) is 1.09. The molecule has 5 nitrogen and oxygen atoms in total. The second-order valence-electron chi connectivity index (χ2n) is 2.90. The number of hydrogen-bond donors (Lipinski definition) is 2. The highest BCUT2D eigenvalue weighted by molar-refractivity contribution is 5.96. The molecule has 0 saturated carbocycles. The summed E-state index contributed by atoms with van der Waals surface area (Å²) in [5.74, 6) is -0.538. The van der Waals surface area contributed by atoms with Gasteiger partial charge < -0.3 is 5.32 Å². The van der Waals surface area contributed by atoms with Crippen LogP contribution in [0.25, 0.3) is 0 Å². The molecular formula is C10H12N2O3. The highest BCUT2D eigenvalue weighted by Gasteiger charge is 2.05. The van der Waals surface area contributed by atoms with E-state index in [0.29, 0.717) is 11.3 Å². The molecule has 0 spiro atoms. The van der Waals surface area contributed by atoms with E-state index in [9.17, 15) is 9.59 Å². The monoisotopic (exact) mass is 208 g/mol. The van der Waals surface area contributed by atoms with Crippen LogP contribution in [0, 0.1) is 0 Å². The summed E-state index contributed by atoms with van der Waals surface area (Å²) in [4.78, 5) is 26.6. The molecule has 0 aromatic heterocycles. The normalized spacial score (nSPS) is 9.47. The predicted molar refractivity (Wildman–Crippen MR) is 55.2 cm³/mol. The summed E-state index contributed by atoms with van der Waals surface area (Å²) in [6.07, 6.45) is 0. The Labute approximate surface area is 87.4 Å². The molecule has 5 heteroatoms. The first-order chi connectivity index (χ1) is 7.13. The van der Waals surface area contributed by atoms with Crippen LogP contribution in [-0.2, 0) is 9.63 Å². The maximum atomic E-state index is 11.3. The fraction of sp³-hybridized carbons (Fsp3) is 0.200. The third-order valence-corrected chi connectivity index (χ3v) is 1.64. The van der Waals surface area contributed by atoms with E-state index in [2.05, 4.69) is 15.6 Å². The minimum atomic E-state index is -0.357. The van der Waals surface area contributed by atoms with Gasteiger partial charge in [0.05, 0.1) is 7.11 Å². The lowest BCUT2D eigenvalue weighted by atomic mass is 10.2. The zero-order chi connectivity index (χ0) is 11.3. The van der Waals surface area contributed by atoms with E-state index < -0.39 is 0 Å². The number of nitrogens with one attached hydrogen (secondary N) is 2. The lowest BCUT2D eigenvalue weighted by Crippen LogP contribution is -2.21. The lowest BCUT2D eigenvalue weighted by Gasteiger charge is -2.05. The van der Waals surface area contributed by atoms with Gasteiger partial charge in [0.2, 0.25) is 5.91 Å². The number of amides is 2. The third kappa shape index (κ3) is 3.40. The molecule has 1 rings (SSSR count). The van der Waals surface area contributed by atoms with Gasteiger partial charge >= 0.3 is 0 Å². The van der Waals surface area contributed by atoms with Crippen molar-refractivity contribution in [1.29, 1.82) is 0 Å². The van der Waals surface area contributed by atoms with Gasteiger partial charge in [0.15, 0.2) is 0 Å². The van der Waals surface area contributed by atoms with Crippen molar-refractivity contribution in [3.05, 3.63) is 29.8 Å². The van der Waals surface area contributed by atoms with Gasteiger partial charge in [0, 0.05) is 18.2 Å². The first-order valence-corrected chi connectivity index (χ1v) is 4.34. The zero-order valence-corrected chi connectivity index (χ0v) is 8.53. The van der Waals surface area contributed by atoms with Crippen LogP contribution in [0.5, 0.6) is 0 Å². The van der Waals surface area contributed by atoms with E-state index in [4.69, 9.17) is 0 Å². The van der Waals surface area contributed by atoms with Crippen LogP contribution in [0.4, 0.5) is 5.69 Å². The lowest BCUT2D eigenvalue weighted by molar-refractivity contribution is -0.114. The molecule has 0 aliphatic heterocycles. The average molecular weight is 208 g/mol. The van der Waals surface area contributed by atoms with Crippen molar-refractivity contribution in [2.75, 3.05) is 12.4 Å². The van der Waals surface area contributed by atoms with Crippen molar-refractivity contribution in [2.24, 2.45) is 0 Å². The predicted octanol–water partition coefficient (Wildman–Crippen LogP) is 0.936. The second kappa shape index (κ2) is 5.11. The smallest absolute Gasteiger partial charge is 0.274 e. The van der Waals surface area contributed by atoms with Crippen LogP contribution in [0.2, 0.25) is 0 Å². The van der Waals surface area contributed by atoms with Crippen LogP contribution < -0.4 is 10.8 Å². The van der Waals surface area contributed by atoms with Crippen molar-refractivity contribution in [1.82, 2.24) is 5.48 Å². The molecule has 0 saturated heterocycles. The van der Waals surface area contributed by atoms with Gasteiger partial charge in [-0.15, -0.1) is 0 Å². The van der Waals surface area contributed by atoms with Gasteiger partial charge in [-0.25, -0.2) is 5.48 Å². The standard InChI is InChI=1S/C10H12N2O3/c1-7(13)11-9-5-3-4-8(6-9)10(14)12-15-2/h3-6H,1-2H3,(H,11,13)(H,12,14). The number of rotatable bonds is 3. The van der Waals surface area contributed by atoms with Crippen LogP contribution in [-0.4, -0.2) is 18.9 Å². The first kappa shape index (κ1) is 11.2. The molecule has 1 aromatic rings. The Morgan fingerprint density at radius 1 is 1.33 bits per heavy atom. The van der Waals surface area contributed by atoms with Crippen molar-refractivity contribution in [3.63, 3.8) is 0 Å². The van der Waals surface area contributed by atoms with Crippen molar-refractivity contribution in [2.45, 2.75) is 6.92 Å². The topological polar surface area (TPSA) is 67.4 Å². The Morgan fingerprint density at radius 2 is 2.07 bits per heavy atom. The van der Waals surface area contributed by atoms with Crippen molar-refractivity contribution in [3.8, 4) is 0 Å². The Kier molecular flexibility index (Phi) is 3.82.